The molecule has 90 valence electrons. The van der Waals surface area contributed by atoms with Gasteiger partial charge in [-0.1, -0.05) is 28.1 Å². The normalized spacial score (nSPS) is 11.6. The Bertz CT molecular complexity index is 624. The van der Waals surface area contributed by atoms with Crippen molar-refractivity contribution in [1.82, 2.24) is 15.2 Å². The van der Waals surface area contributed by atoms with Crippen LogP contribution in [0.25, 0.3) is 0 Å². The number of hydrogen-bond donors (Lipinski definition) is 1. The number of halogens is 2. The van der Waals surface area contributed by atoms with Crippen molar-refractivity contribution in [2.24, 2.45) is 0 Å². The average Bonchev–Trinajstić information content (AvgIpc) is 2.69. The van der Waals surface area contributed by atoms with Gasteiger partial charge in [-0.15, -0.1) is 5.10 Å². The lowest BCUT2D eigenvalue weighted by Crippen LogP contribution is -1.94. The summed E-state index contributed by atoms with van der Waals surface area (Å²) in [6.07, 6.45) is 0.465. The van der Waals surface area contributed by atoms with Crippen molar-refractivity contribution in [3.05, 3.63) is 40.1 Å². The highest BCUT2D eigenvalue weighted by molar-refractivity contribution is 9.10. The second-order valence-corrected chi connectivity index (χ2v) is 6.68. The van der Waals surface area contributed by atoms with Gasteiger partial charge in [-0.25, -0.2) is 13.4 Å². The fourth-order valence-corrected chi connectivity index (χ4v) is 2.11. The molecule has 0 atom stereocenters. The molecule has 0 aliphatic rings. The molecule has 0 bridgehead atoms. The summed E-state index contributed by atoms with van der Waals surface area (Å²) in [5.74, 6) is 0.451. The molecule has 1 aromatic carbocycles. The molecule has 0 amide bonds. The quantitative estimate of drug-likeness (QED) is 0.871. The molecule has 0 radical (unpaired) electrons. The van der Waals surface area contributed by atoms with Gasteiger partial charge < -0.3 is 0 Å². The number of benzene rings is 1. The standard InChI is InChI=1S/C9H7BrClN3O2S/c10-7-3-1-6(2-4-7)5-8-12-9(14-13-8)17(11,15)16/h1-4H,5H2,(H,12,13,14). The highest BCUT2D eigenvalue weighted by Gasteiger charge is 2.16. The number of nitrogens with zero attached hydrogens (tertiary/aromatic N) is 2. The number of nitrogens with one attached hydrogen (secondary N) is 1. The Morgan fingerprint density at radius 1 is 1.29 bits per heavy atom. The van der Waals surface area contributed by atoms with E-state index in [9.17, 15) is 8.42 Å². The molecule has 2 rings (SSSR count). The number of rotatable bonds is 3. The molecule has 0 fully saturated rings. The van der Waals surface area contributed by atoms with E-state index in [1.165, 1.54) is 0 Å². The molecule has 0 unspecified atom stereocenters. The molecule has 1 aromatic heterocycles. The van der Waals surface area contributed by atoms with Crippen molar-refractivity contribution in [3.63, 3.8) is 0 Å². The molecule has 0 saturated carbocycles. The summed E-state index contributed by atoms with van der Waals surface area (Å²) in [7, 11) is 1.25. The highest BCUT2D eigenvalue weighted by atomic mass is 79.9. The maximum Gasteiger partial charge on any atom is 0.298 e. The molecule has 0 saturated heterocycles. The third kappa shape index (κ3) is 3.27. The molecule has 0 spiro atoms. The Kier molecular flexibility index (Phi) is 3.50. The van der Waals surface area contributed by atoms with Gasteiger partial charge >= 0.3 is 0 Å². The van der Waals surface area contributed by atoms with Gasteiger partial charge in [-0.05, 0) is 17.7 Å². The van der Waals surface area contributed by atoms with Crippen molar-refractivity contribution in [1.29, 1.82) is 0 Å². The van der Waals surface area contributed by atoms with Gasteiger partial charge in [0.1, 0.15) is 5.82 Å². The minimum atomic E-state index is -3.87. The van der Waals surface area contributed by atoms with Crippen LogP contribution in [-0.4, -0.2) is 23.6 Å². The monoisotopic (exact) mass is 335 g/mol. The van der Waals surface area contributed by atoms with Crippen LogP contribution in [0.1, 0.15) is 11.4 Å². The van der Waals surface area contributed by atoms with E-state index in [0.717, 1.165) is 10.0 Å². The van der Waals surface area contributed by atoms with E-state index < -0.39 is 14.2 Å². The first-order chi connectivity index (χ1) is 7.95. The Morgan fingerprint density at radius 3 is 2.47 bits per heavy atom. The summed E-state index contributed by atoms with van der Waals surface area (Å²) >= 11 is 3.33. The van der Waals surface area contributed by atoms with E-state index in [1.807, 2.05) is 24.3 Å². The zero-order chi connectivity index (χ0) is 12.5. The molecule has 5 nitrogen and oxygen atoms in total. The third-order valence-electron chi connectivity index (χ3n) is 2.01. The van der Waals surface area contributed by atoms with Crippen molar-refractivity contribution in [3.8, 4) is 0 Å². The van der Waals surface area contributed by atoms with Crippen molar-refractivity contribution in [2.45, 2.75) is 11.6 Å². The van der Waals surface area contributed by atoms with E-state index in [1.54, 1.807) is 0 Å². The van der Waals surface area contributed by atoms with Gasteiger partial charge in [0.2, 0.25) is 0 Å². The average molecular weight is 337 g/mol. The van der Waals surface area contributed by atoms with E-state index in [0.29, 0.717) is 12.2 Å². The van der Waals surface area contributed by atoms with Gasteiger partial charge in [-0.2, -0.15) is 0 Å². The first kappa shape index (κ1) is 12.5. The fraction of sp³-hybridized carbons (Fsp3) is 0.111. The summed E-state index contributed by atoms with van der Waals surface area (Å²) in [6, 6.07) is 7.60. The first-order valence-corrected chi connectivity index (χ1v) is 7.66. The van der Waals surface area contributed by atoms with Crippen LogP contribution in [0.2, 0.25) is 0 Å². The van der Waals surface area contributed by atoms with Gasteiger partial charge in [0.15, 0.2) is 0 Å². The number of hydrogen-bond acceptors (Lipinski definition) is 4. The van der Waals surface area contributed by atoms with Crippen molar-refractivity contribution >= 4 is 35.7 Å². The molecule has 17 heavy (non-hydrogen) atoms. The molecule has 8 heteroatoms. The number of H-pyrrole nitrogens is 1. The SMILES string of the molecule is O=S(=O)(Cl)c1n[nH]c(Cc2ccc(Br)cc2)n1. The smallest absolute Gasteiger partial charge is 0.262 e. The van der Waals surface area contributed by atoms with Crippen LogP contribution < -0.4 is 0 Å². The Balaban J connectivity index is 2.20. The summed E-state index contributed by atoms with van der Waals surface area (Å²) in [6.45, 7) is 0. The summed E-state index contributed by atoms with van der Waals surface area (Å²) in [5.41, 5.74) is 0.989. The van der Waals surface area contributed by atoms with E-state index >= 15 is 0 Å². The lowest BCUT2D eigenvalue weighted by Gasteiger charge is -1.97. The lowest BCUT2D eigenvalue weighted by molar-refractivity contribution is 0.602. The predicted molar refractivity (Wildman–Crippen MR) is 66.4 cm³/mol. The maximum atomic E-state index is 11.0. The summed E-state index contributed by atoms with van der Waals surface area (Å²) < 4.78 is 22.9. The van der Waals surface area contributed by atoms with E-state index in [2.05, 4.69) is 31.1 Å². The van der Waals surface area contributed by atoms with Gasteiger partial charge in [0.25, 0.3) is 14.2 Å². The first-order valence-electron chi connectivity index (χ1n) is 4.55. The van der Waals surface area contributed by atoms with Crippen LogP contribution in [0.3, 0.4) is 0 Å². The lowest BCUT2D eigenvalue weighted by atomic mass is 10.1. The van der Waals surface area contributed by atoms with E-state index in [-0.39, 0.29) is 0 Å². The predicted octanol–water partition coefficient (Wildman–Crippen LogP) is 2.09. The Hall–Kier alpha value is -0.920. The van der Waals surface area contributed by atoms with Crippen molar-refractivity contribution in [2.75, 3.05) is 0 Å². The van der Waals surface area contributed by atoms with Crippen LogP contribution in [0.4, 0.5) is 0 Å². The highest BCUT2D eigenvalue weighted by Crippen LogP contribution is 2.14. The molecule has 0 aliphatic carbocycles. The molecular weight excluding hydrogens is 330 g/mol. The van der Waals surface area contributed by atoms with Gasteiger partial charge in [0, 0.05) is 21.6 Å². The topological polar surface area (TPSA) is 75.7 Å². The minimum Gasteiger partial charge on any atom is -0.262 e. The molecule has 1 N–H and O–H groups in total. The second kappa shape index (κ2) is 4.75. The zero-order valence-electron chi connectivity index (χ0n) is 8.39. The van der Waals surface area contributed by atoms with Gasteiger partial charge in [-0.3, -0.25) is 5.10 Å². The third-order valence-corrected chi connectivity index (χ3v) is 3.58. The zero-order valence-corrected chi connectivity index (χ0v) is 11.6. The molecule has 0 aliphatic heterocycles. The maximum absolute atomic E-state index is 11.0. The Labute approximate surface area is 111 Å². The fourth-order valence-electron chi connectivity index (χ4n) is 1.26. The summed E-state index contributed by atoms with van der Waals surface area (Å²) in [4.78, 5) is 3.80. The van der Waals surface area contributed by atoms with E-state index in [4.69, 9.17) is 10.7 Å². The largest absolute Gasteiger partial charge is 0.298 e. The Morgan fingerprint density at radius 2 is 1.94 bits per heavy atom. The van der Waals surface area contributed by atoms with Crippen LogP contribution in [0.5, 0.6) is 0 Å². The van der Waals surface area contributed by atoms with Crippen LogP contribution in [0.15, 0.2) is 33.9 Å². The summed E-state index contributed by atoms with van der Waals surface area (Å²) in [5, 5.41) is 5.68. The van der Waals surface area contributed by atoms with Crippen LogP contribution in [-0.2, 0) is 15.5 Å². The van der Waals surface area contributed by atoms with Crippen molar-refractivity contribution < 1.29 is 8.42 Å². The second-order valence-electron chi connectivity index (χ2n) is 3.31. The van der Waals surface area contributed by atoms with Crippen LogP contribution in [0, 0.1) is 0 Å². The number of aromatic amines is 1. The molecule has 2 aromatic rings. The minimum absolute atomic E-state index is 0.397. The van der Waals surface area contributed by atoms with Crippen LogP contribution >= 0.6 is 26.6 Å². The molecular formula is C9H7BrClN3O2S. The molecule has 1 heterocycles. The number of aromatic nitrogens is 3. The van der Waals surface area contributed by atoms with Gasteiger partial charge in [0.05, 0.1) is 0 Å².